The van der Waals surface area contributed by atoms with E-state index >= 15 is 0 Å². The number of aliphatic imine (C=N–C) groups is 1. The second kappa shape index (κ2) is 23.7. The van der Waals surface area contributed by atoms with E-state index in [9.17, 15) is 34.1 Å². The number of guanidine groups is 1. The zero-order valence-corrected chi connectivity index (χ0v) is 31.6. The molecule has 0 saturated heterocycles. The van der Waals surface area contributed by atoms with Gasteiger partial charge in [0.1, 0.15) is 25.3 Å². The van der Waals surface area contributed by atoms with Crippen molar-refractivity contribution in [3.8, 4) is 0 Å². The minimum atomic E-state index is -1.25. The van der Waals surface area contributed by atoms with Gasteiger partial charge < -0.3 is 36.9 Å². The Bertz CT molecular complexity index is 1840. The third kappa shape index (κ3) is 17.8. The van der Waals surface area contributed by atoms with Gasteiger partial charge in [0, 0.05) is 31.3 Å². The van der Waals surface area contributed by atoms with Gasteiger partial charge in [-0.25, -0.2) is 19.8 Å². The zero-order chi connectivity index (χ0) is 41.6. The number of nitro groups is 1. The zero-order valence-electron chi connectivity index (χ0n) is 31.6. The fraction of sp³-hybridized carbons (Fsp3) is 0.342. The van der Waals surface area contributed by atoms with E-state index in [1.165, 1.54) is 30.5 Å². The first kappa shape index (κ1) is 44.3. The Balaban J connectivity index is 1.72. The molecule has 57 heavy (non-hydrogen) atoms. The molecule has 6 amide bonds. The fourth-order valence-electron chi connectivity index (χ4n) is 5.15. The first-order valence-corrected chi connectivity index (χ1v) is 18.0. The molecule has 0 radical (unpaired) electrons. The predicted molar refractivity (Wildman–Crippen MR) is 210 cm³/mol. The second-order valence-corrected chi connectivity index (χ2v) is 13.0. The number of nitro benzene ring substituents is 1. The van der Waals surface area contributed by atoms with Gasteiger partial charge in [-0.3, -0.25) is 30.0 Å². The van der Waals surface area contributed by atoms with Gasteiger partial charge in [0.2, 0.25) is 11.8 Å². The summed E-state index contributed by atoms with van der Waals surface area (Å²) in [5.74, 6) is -1.61. The molecule has 0 aliphatic carbocycles. The third-order valence-electron chi connectivity index (χ3n) is 7.90. The van der Waals surface area contributed by atoms with Crippen molar-refractivity contribution in [3.05, 3.63) is 112 Å². The van der Waals surface area contributed by atoms with E-state index in [4.69, 9.17) is 20.9 Å². The number of hydrogen-bond acceptors (Lipinski definition) is 11. The summed E-state index contributed by atoms with van der Waals surface area (Å²) in [7, 11) is 0. The third-order valence-corrected chi connectivity index (χ3v) is 7.90. The number of hydrogen-bond donors (Lipinski definition) is 7. The highest BCUT2D eigenvalue weighted by Crippen LogP contribution is 2.15. The summed E-state index contributed by atoms with van der Waals surface area (Å²) in [4.78, 5) is 78.6. The van der Waals surface area contributed by atoms with E-state index in [-0.39, 0.29) is 56.6 Å². The maximum atomic E-state index is 13.9. The molecule has 0 unspecified atom stereocenters. The quantitative estimate of drug-likeness (QED) is 0.0219. The standard InChI is InChI=1S/C38H48N10O9/c1-25(2)20-31(45-37(52)56-23-27-10-5-3-6-11-27)34(50)44-32(21-26-15-17-30(18-16-26)48(54)55)33(49)43-29(22-42-47-36(40)51)14-9-19-41-35(39)46-38(53)57-24-28-12-7-4-8-13-28/h3-8,10-13,15-18,22,25,29,31-32H,9,14,19-21,23-24H2,1-2H3,(H,43,49)(H,44,50)(H,45,52)(H3,40,47,51)(H3,39,41,46,53)/b42-22+/t29-,31-,32-/m0/s1/i22+1. The number of urea groups is 1. The monoisotopic (exact) mass is 789 g/mol. The highest BCUT2D eigenvalue weighted by atomic mass is 16.6. The van der Waals surface area contributed by atoms with Crippen molar-refractivity contribution in [2.24, 2.45) is 27.5 Å². The number of amides is 6. The van der Waals surface area contributed by atoms with E-state index in [0.29, 0.717) is 12.0 Å². The fourth-order valence-corrected chi connectivity index (χ4v) is 5.15. The average Bonchev–Trinajstić information content (AvgIpc) is 3.18. The Kier molecular flexibility index (Phi) is 18.4. The molecular formula is C38H48N10O9. The highest BCUT2D eigenvalue weighted by Gasteiger charge is 2.29. The molecule has 9 N–H and O–H groups in total. The van der Waals surface area contributed by atoms with E-state index in [1.54, 1.807) is 36.4 Å². The van der Waals surface area contributed by atoms with E-state index < -0.39 is 53.1 Å². The highest BCUT2D eigenvalue weighted by molar-refractivity contribution is 5.93. The first-order chi connectivity index (χ1) is 27.3. The Labute approximate surface area is 329 Å². The molecule has 19 nitrogen and oxygen atoms in total. The minimum absolute atomic E-state index is 0.0296. The molecule has 3 aromatic carbocycles. The predicted octanol–water partition coefficient (Wildman–Crippen LogP) is 3.12. The molecule has 3 atom stereocenters. The van der Waals surface area contributed by atoms with Gasteiger partial charge in [0.25, 0.3) is 5.69 Å². The van der Waals surface area contributed by atoms with Gasteiger partial charge in [-0.05, 0) is 41.9 Å². The van der Waals surface area contributed by atoms with Gasteiger partial charge in [-0.15, -0.1) is 0 Å². The molecule has 0 bridgehead atoms. The average molecular weight is 790 g/mol. The number of carbonyl (C=O) groups excluding carboxylic acids is 5. The van der Waals surface area contributed by atoms with Crippen LogP contribution in [-0.4, -0.2) is 71.8 Å². The smallest absolute Gasteiger partial charge is 0.414 e. The maximum Gasteiger partial charge on any atom is 0.414 e. The lowest BCUT2D eigenvalue weighted by atomic mass is 10.0. The summed E-state index contributed by atoms with van der Waals surface area (Å²) < 4.78 is 10.5. The molecule has 0 saturated carbocycles. The van der Waals surface area contributed by atoms with Crippen molar-refractivity contribution < 1.29 is 38.4 Å². The Hall–Kier alpha value is -7.05. The maximum absolute atomic E-state index is 13.9. The van der Waals surface area contributed by atoms with Crippen LogP contribution in [0.4, 0.5) is 20.1 Å². The number of nitrogens with two attached hydrogens (primary N) is 2. The van der Waals surface area contributed by atoms with Crippen LogP contribution in [0.3, 0.4) is 0 Å². The number of nitrogens with zero attached hydrogens (tertiary/aromatic N) is 3. The van der Waals surface area contributed by atoms with Crippen LogP contribution >= 0.6 is 0 Å². The molecule has 0 fully saturated rings. The lowest BCUT2D eigenvalue weighted by molar-refractivity contribution is -0.384. The van der Waals surface area contributed by atoms with E-state index in [0.717, 1.165) is 11.1 Å². The van der Waals surface area contributed by atoms with Gasteiger partial charge in [0.05, 0.1) is 11.0 Å². The topological polar surface area (TPSA) is 284 Å². The summed E-state index contributed by atoms with van der Waals surface area (Å²) in [5.41, 5.74) is 14.9. The summed E-state index contributed by atoms with van der Waals surface area (Å²) >= 11 is 0. The number of ether oxygens (including phenoxy) is 2. The summed E-state index contributed by atoms with van der Waals surface area (Å²) in [5, 5.41) is 25.4. The van der Waals surface area contributed by atoms with Crippen molar-refractivity contribution in [2.75, 3.05) is 6.54 Å². The second-order valence-electron chi connectivity index (χ2n) is 13.0. The van der Waals surface area contributed by atoms with Crippen LogP contribution in [-0.2, 0) is 38.7 Å². The minimum Gasteiger partial charge on any atom is -0.445 e. The Morgan fingerprint density at radius 3 is 1.91 bits per heavy atom. The largest absolute Gasteiger partial charge is 0.445 e. The van der Waals surface area contributed by atoms with E-state index in [2.05, 4.69) is 36.8 Å². The molecule has 19 heteroatoms. The van der Waals surface area contributed by atoms with Crippen LogP contribution in [0.5, 0.6) is 0 Å². The van der Waals surface area contributed by atoms with Crippen molar-refractivity contribution >= 4 is 47.9 Å². The van der Waals surface area contributed by atoms with Gasteiger partial charge in [0.15, 0.2) is 5.96 Å². The molecule has 3 aromatic rings. The molecular weight excluding hydrogens is 741 g/mol. The van der Waals surface area contributed by atoms with Gasteiger partial charge >= 0.3 is 18.2 Å². The van der Waals surface area contributed by atoms with Gasteiger partial charge in [-0.1, -0.05) is 86.6 Å². The first-order valence-electron chi connectivity index (χ1n) is 18.0. The van der Waals surface area contributed by atoms with E-state index in [1.807, 2.05) is 38.1 Å². The number of nitrogens with one attached hydrogen (secondary N) is 5. The van der Waals surface area contributed by atoms with Gasteiger partial charge in [-0.2, -0.15) is 5.10 Å². The molecule has 3 rings (SSSR count). The van der Waals surface area contributed by atoms with Crippen LogP contribution in [0.15, 0.2) is 95.0 Å². The lowest BCUT2D eigenvalue weighted by Crippen LogP contribution is -2.56. The van der Waals surface area contributed by atoms with Crippen molar-refractivity contribution in [1.82, 2.24) is 26.7 Å². The number of non-ortho nitro benzene ring substituents is 1. The Morgan fingerprint density at radius 2 is 1.35 bits per heavy atom. The number of hydrazone groups is 1. The van der Waals surface area contributed by atoms with Crippen LogP contribution in [0.1, 0.15) is 49.8 Å². The number of benzene rings is 3. The number of alkyl carbamates (subject to hydrolysis) is 2. The lowest BCUT2D eigenvalue weighted by Gasteiger charge is -2.25. The SMILES string of the molecule is CC(C)C[C@H](NC(=O)OCc1ccccc1)C(=O)N[C@@H](Cc1ccc([N+](=O)[O-])cc1)C(=O)N[C@@H](CCCN=C(N)NC(=O)OCc1ccccc1)/[13CH]=N/NC(N)=O. The molecule has 0 spiro atoms. The van der Waals surface area contributed by atoms with Crippen molar-refractivity contribution in [1.29, 1.82) is 0 Å². The molecule has 0 heterocycles. The van der Waals surface area contributed by atoms with Crippen LogP contribution in [0.25, 0.3) is 0 Å². The number of carbonyl (C=O) groups is 5. The number of primary amides is 1. The molecule has 0 aliphatic rings. The molecule has 0 aromatic heterocycles. The van der Waals surface area contributed by atoms with Crippen LogP contribution < -0.4 is 38.2 Å². The summed E-state index contributed by atoms with van der Waals surface area (Å²) in [6, 6.07) is 19.3. The number of rotatable bonds is 20. The van der Waals surface area contributed by atoms with Crippen molar-refractivity contribution in [3.63, 3.8) is 0 Å². The summed E-state index contributed by atoms with van der Waals surface area (Å²) in [6.45, 7) is 3.81. The Morgan fingerprint density at radius 1 is 0.772 bits per heavy atom. The molecule has 304 valence electrons. The summed E-state index contributed by atoms with van der Waals surface area (Å²) in [6.07, 6.45) is 0.177. The van der Waals surface area contributed by atoms with Crippen LogP contribution in [0.2, 0.25) is 0 Å². The van der Waals surface area contributed by atoms with Crippen molar-refractivity contribution in [2.45, 2.75) is 70.9 Å². The normalized spacial score (nSPS) is 12.8. The molecule has 0 aliphatic heterocycles. The van der Waals surface area contributed by atoms with Crippen LogP contribution in [0, 0.1) is 16.0 Å².